The number of aromatic nitrogens is 2. The third kappa shape index (κ3) is 1.25. The second kappa shape index (κ2) is 2.74. The lowest BCUT2D eigenvalue weighted by Gasteiger charge is -2.22. The van der Waals surface area contributed by atoms with Crippen molar-refractivity contribution in [3.8, 4) is 0 Å². The maximum absolute atomic E-state index is 12.0. The van der Waals surface area contributed by atoms with Crippen LogP contribution in [0, 0.1) is 0 Å². The van der Waals surface area contributed by atoms with Crippen molar-refractivity contribution in [2.24, 2.45) is 0 Å². The van der Waals surface area contributed by atoms with Gasteiger partial charge in [-0.3, -0.25) is 4.79 Å². The van der Waals surface area contributed by atoms with E-state index in [4.69, 9.17) is 0 Å². The summed E-state index contributed by atoms with van der Waals surface area (Å²) < 4.78 is 1.75. The lowest BCUT2D eigenvalue weighted by molar-refractivity contribution is 0.386. The smallest absolute Gasteiger partial charge is 0.260 e. The highest BCUT2D eigenvalue weighted by Crippen LogP contribution is 2.13. The molecule has 2 aromatic rings. The van der Waals surface area contributed by atoms with Crippen LogP contribution < -0.4 is 5.56 Å². The van der Waals surface area contributed by atoms with Gasteiger partial charge < -0.3 is 9.55 Å². The van der Waals surface area contributed by atoms with E-state index >= 15 is 0 Å². The molecule has 14 heavy (non-hydrogen) atoms. The number of hydrogen-bond acceptors (Lipinski definition) is 1. The Hall–Kier alpha value is -1.51. The van der Waals surface area contributed by atoms with E-state index in [1.54, 1.807) is 10.8 Å². The van der Waals surface area contributed by atoms with Crippen LogP contribution in [0.1, 0.15) is 20.8 Å². The summed E-state index contributed by atoms with van der Waals surface area (Å²) in [6.07, 6.45) is 3.63. The summed E-state index contributed by atoms with van der Waals surface area (Å²) in [5.74, 6) is 0. The summed E-state index contributed by atoms with van der Waals surface area (Å²) in [5, 5.41) is 0.752. The fourth-order valence-electron chi connectivity index (χ4n) is 1.58. The molecule has 0 fully saturated rings. The number of pyridine rings is 1. The average molecular weight is 190 g/mol. The molecule has 0 saturated carbocycles. The normalized spacial score (nSPS) is 12.2. The minimum atomic E-state index is -0.164. The minimum absolute atomic E-state index is 0.0660. The zero-order valence-corrected chi connectivity index (χ0v) is 8.66. The van der Waals surface area contributed by atoms with Gasteiger partial charge in [0.2, 0.25) is 0 Å². The molecule has 1 N–H and O–H groups in total. The van der Waals surface area contributed by atoms with E-state index < -0.39 is 0 Å². The van der Waals surface area contributed by atoms with E-state index in [2.05, 4.69) is 4.98 Å². The first kappa shape index (κ1) is 9.06. The molecule has 0 radical (unpaired) electrons. The monoisotopic (exact) mass is 190 g/mol. The Balaban J connectivity index is 2.81. The molecule has 3 heteroatoms. The number of fused-ring (bicyclic) bond motifs is 1. The van der Waals surface area contributed by atoms with Crippen LogP contribution in [0.3, 0.4) is 0 Å². The largest absolute Gasteiger partial charge is 0.361 e. The van der Waals surface area contributed by atoms with Gasteiger partial charge in [-0.05, 0) is 32.9 Å². The van der Waals surface area contributed by atoms with Crippen molar-refractivity contribution in [3.05, 3.63) is 34.9 Å². The Labute approximate surface area is 82.4 Å². The predicted molar refractivity (Wildman–Crippen MR) is 57.6 cm³/mol. The summed E-state index contributed by atoms with van der Waals surface area (Å²) >= 11 is 0. The topological polar surface area (TPSA) is 37.8 Å². The Morgan fingerprint density at radius 1 is 1.29 bits per heavy atom. The van der Waals surface area contributed by atoms with E-state index in [1.165, 1.54) is 0 Å². The molecule has 0 amide bonds. The summed E-state index contributed by atoms with van der Waals surface area (Å²) in [7, 11) is 0. The molecule has 0 saturated heterocycles. The van der Waals surface area contributed by atoms with Crippen molar-refractivity contribution in [2.75, 3.05) is 0 Å². The lowest BCUT2D eigenvalue weighted by Crippen LogP contribution is -2.32. The number of hydrogen-bond donors (Lipinski definition) is 1. The van der Waals surface area contributed by atoms with Crippen LogP contribution in [-0.2, 0) is 5.54 Å². The van der Waals surface area contributed by atoms with Crippen LogP contribution in [0.15, 0.2) is 29.3 Å². The van der Waals surface area contributed by atoms with E-state index in [0.29, 0.717) is 0 Å². The van der Waals surface area contributed by atoms with Gasteiger partial charge in [-0.15, -0.1) is 0 Å². The highest BCUT2D eigenvalue weighted by molar-refractivity contribution is 5.77. The molecule has 3 nitrogen and oxygen atoms in total. The Morgan fingerprint density at radius 3 is 2.64 bits per heavy atom. The third-order valence-corrected chi connectivity index (χ3v) is 2.34. The molecule has 0 atom stereocenters. The highest BCUT2D eigenvalue weighted by atomic mass is 16.1. The number of H-pyrrole nitrogens is 1. The summed E-state index contributed by atoms with van der Waals surface area (Å²) in [5.41, 5.74) is 0.800. The van der Waals surface area contributed by atoms with Gasteiger partial charge in [-0.1, -0.05) is 0 Å². The zero-order valence-electron chi connectivity index (χ0n) is 8.66. The summed E-state index contributed by atoms with van der Waals surface area (Å²) in [6, 6.07) is 3.75. The molecule has 0 aliphatic carbocycles. The van der Waals surface area contributed by atoms with Gasteiger partial charge >= 0.3 is 0 Å². The van der Waals surface area contributed by atoms with Crippen molar-refractivity contribution in [1.29, 1.82) is 0 Å². The number of aromatic amines is 1. The van der Waals surface area contributed by atoms with E-state index in [-0.39, 0.29) is 11.1 Å². The zero-order chi connectivity index (χ0) is 10.3. The molecule has 0 spiro atoms. The van der Waals surface area contributed by atoms with Crippen LogP contribution in [0.2, 0.25) is 0 Å². The quantitative estimate of drug-likeness (QED) is 0.678. The fourth-order valence-corrected chi connectivity index (χ4v) is 1.58. The summed E-state index contributed by atoms with van der Waals surface area (Å²) in [6.45, 7) is 6.06. The molecular formula is C11H14N2O. The second-order valence-electron chi connectivity index (χ2n) is 4.47. The fraction of sp³-hybridized carbons (Fsp3) is 0.364. The van der Waals surface area contributed by atoms with Crippen molar-refractivity contribution in [3.63, 3.8) is 0 Å². The van der Waals surface area contributed by atoms with Crippen LogP contribution in [-0.4, -0.2) is 9.55 Å². The Kier molecular flexibility index (Phi) is 1.77. The maximum Gasteiger partial charge on any atom is 0.260 e. The molecule has 0 unspecified atom stereocenters. The van der Waals surface area contributed by atoms with Crippen LogP contribution in [0.4, 0.5) is 0 Å². The lowest BCUT2D eigenvalue weighted by atomic mass is 10.1. The maximum atomic E-state index is 12.0. The van der Waals surface area contributed by atoms with E-state index in [0.717, 1.165) is 10.9 Å². The second-order valence-corrected chi connectivity index (χ2v) is 4.47. The van der Waals surface area contributed by atoms with Gasteiger partial charge in [0.1, 0.15) is 0 Å². The van der Waals surface area contributed by atoms with Gasteiger partial charge in [-0.2, -0.15) is 0 Å². The predicted octanol–water partition coefficient (Wildman–Crippen LogP) is 2.08. The van der Waals surface area contributed by atoms with Crippen LogP contribution in [0.25, 0.3) is 10.9 Å². The van der Waals surface area contributed by atoms with Crippen molar-refractivity contribution >= 4 is 10.9 Å². The summed E-state index contributed by atoms with van der Waals surface area (Å²) in [4.78, 5) is 15.0. The van der Waals surface area contributed by atoms with E-state index in [1.807, 2.05) is 39.1 Å². The first-order chi connectivity index (χ1) is 6.50. The van der Waals surface area contributed by atoms with Gasteiger partial charge in [0, 0.05) is 17.9 Å². The van der Waals surface area contributed by atoms with E-state index in [9.17, 15) is 4.79 Å². The molecule has 0 aliphatic heterocycles. The molecule has 0 aliphatic rings. The highest BCUT2D eigenvalue weighted by Gasteiger charge is 2.15. The van der Waals surface area contributed by atoms with Gasteiger partial charge in [0.25, 0.3) is 5.56 Å². The van der Waals surface area contributed by atoms with Crippen molar-refractivity contribution in [2.45, 2.75) is 26.3 Å². The SMILES string of the molecule is CC(C)(C)n1ccc2[nH]ccc2c1=O. The van der Waals surface area contributed by atoms with Gasteiger partial charge in [-0.25, -0.2) is 0 Å². The van der Waals surface area contributed by atoms with Crippen molar-refractivity contribution < 1.29 is 0 Å². The molecule has 0 bridgehead atoms. The van der Waals surface area contributed by atoms with Crippen LogP contribution >= 0.6 is 0 Å². The first-order valence-corrected chi connectivity index (χ1v) is 4.69. The Morgan fingerprint density at radius 2 is 2.00 bits per heavy atom. The molecule has 2 rings (SSSR count). The average Bonchev–Trinajstić information content (AvgIpc) is 2.50. The first-order valence-electron chi connectivity index (χ1n) is 4.69. The number of nitrogens with one attached hydrogen (secondary N) is 1. The molecule has 0 aromatic carbocycles. The Bertz CT molecular complexity index is 514. The number of nitrogens with zero attached hydrogens (tertiary/aromatic N) is 1. The third-order valence-electron chi connectivity index (χ3n) is 2.34. The van der Waals surface area contributed by atoms with Gasteiger partial charge in [0.15, 0.2) is 0 Å². The standard InChI is InChI=1S/C11H14N2O/c1-11(2,3)13-7-5-9-8(10(13)14)4-6-12-9/h4-7,12H,1-3H3. The number of rotatable bonds is 0. The van der Waals surface area contributed by atoms with Crippen molar-refractivity contribution in [1.82, 2.24) is 9.55 Å². The molecule has 2 aromatic heterocycles. The van der Waals surface area contributed by atoms with Crippen LogP contribution in [0.5, 0.6) is 0 Å². The molecule has 74 valence electrons. The van der Waals surface area contributed by atoms with Gasteiger partial charge in [0.05, 0.1) is 10.9 Å². The molecular weight excluding hydrogens is 176 g/mol. The minimum Gasteiger partial charge on any atom is -0.361 e. The molecule has 2 heterocycles.